The Morgan fingerprint density at radius 3 is 2.60 bits per heavy atom. The summed E-state index contributed by atoms with van der Waals surface area (Å²) in [5, 5.41) is 3.48. The van der Waals surface area contributed by atoms with Crippen LogP contribution in [0.15, 0.2) is 54.1 Å². The van der Waals surface area contributed by atoms with Crippen LogP contribution in [0.5, 0.6) is 0 Å². The maximum atomic E-state index is 13.5. The van der Waals surface area contributed by atoms with Crippen LogP contribution in [0.25, 0.3) is 0 Å². The first-order chi connectivity index (χ1) is 14.4. The van der Waals surface area contributed by atoms with Crippen molar-refractivity contribution in [3.8, 4) is 0 Å². The minimum absolute atomic E-state index is 0.0677. The Kier molecular flexibility index (Phi) is 5.11. The molecular formula is C22H26N4O4. The van der Waals surface area contributed by atoms with Crippen LogP contribution in [0.1, 0.15) is 24.8 Å². The zero-order valence-corrected chi connectivity index (χ0v) is 17.2. The van der Waals surface area contributed by atoms with E-state index in [2.05, 4.69) is 0 Å². The van der Waals surface area contributed by atoms with Crippen LogP contribution in [0.3, 0.4) is 0 Å². The maximum absolute atomic E-state index is 13.5. The summed E-state index contributed by atoms with van der Waals surface area (Å²) in [6.07, 6.45) is 6.10. The minimum Gasteiger partial charge on any atom is -0.483 e. The summed E-state index contributed by atoms with van der Waals surface area (Å²) in [5.41, 5.74) is 5.76. The summed E-state index contributed by atoms with van der Waals surface area (Å²) in [7, 11) is 3.64. The first-order valence-corrected chi connectivity index (χ1v) is 10.0. The molecule has 3 fully saturated rings. The van der Waals surface area contributed by atoms with E-state index in [0.717, 1.165) is 24.8 Å². The van der Waals surface area contributed by atoms with Crippen molar-refractivity contribution in [1.82, 2.24) is 14.9 Å². The van der Waals surface area contributed by atoms with Crippen molar-refractivity contribution in [3.05, 3.63) is 59.6 Å². The zero-order valence-electron chi connectivity index (χ0n) is 17.2. The Bertz CT molecular complexity index is 928. The van der Waals surface area contributed by atoms with E-state index in [1.165, 1.54) is 12.3 Å². The third-order valence-electron chi connectivity index (χ3n) is 6.56. The summed E-state index contributed by atoms with van der Waals surface area (Å²) in [6.45, 7) is 0.141. The molecule has 1 aromatic rings. The van der Waals surface area contributed by atoms with Gasteiger partial charge in [0.05, 0.1) is 0 Å². The molecule has 1 saturated heterocycles. The number of nitrogens with zero attached hydrogens (tertiary/aromatic N) is 3. The number of allylic oxidation sites excluding steroid dienone is 1. The first kappa shape index (κ1) is 20.2. The van der Waals surface area contributed by atoms with Crippen molar-refractivity contribution in [2.45, 2.75) is 31.5 Å². The number of carbonyl (C=O) groups excluding carboxylic acids is 3. The summed E-state index contributed by atoms with van der Waals surface area (Å²) in [5.74, 6) is -0.0685. The van der Waals surface area contributed by atoms with Gasteiger partial charge in [0.25, 0.3) is 5.91 Å². The van der Waals surface area contributed by atoms with Gasteiger partial charge in [0.15, 0.2) is 17.7 Å². The molecule has 3 aliphatic rings. The number of likely N-dealkylation sites (N-methyl/N-ethyl adjacent to an activating group) is 1. The molecule has 2 amide bonds. The highest BCUT2D eigenvalue weighted by Crippen LogP contribution is 2.62. The number of nitrogens with two attached hydrogens (primary N) is 1. The first-order valence-electron chi connectivity index (χ1n) is 10.0. The molecule has 1 spiro atoms. The number of amides is 2. The number of rotatable bonds is 6. The lowest BCUT2D eigenvalue weighted by atomic mass is 9.98. The standard InChI is InChI=1S/C22H26N4O4/c1-24-21(29)20(18(13-27)30-14-15-6-4-3-5-7-15)26(11-9-19(23)28)25(2)22(24)10-8-16-12-17(16)22/h3-7,9,11,13,16-17H,8,10,12,14H2,1-2H3,(H2,23,28)/b11-9+,20-18+/t16-,17+,22+/m1/s1. The van der Waals surface area contributed by atoms with Gasteiger partial charge in [0.2, 0.25) is 5.91 Å². The van der Waals surface area contributed by atoms with E-state index in [9.17, 15) is 14.4 Å². The fourth-order valence-electron chi connectivity index (χ4n) is 4.95. The predicted molar refractivity (Wildman–Crippen MR) is 109 cm³/mol. The average Bonchev–Trinajstić information content (AvgIpc) is 3.44. The number of fused-ring (bicyclic) bond motifs is 2. The molecule has 0 bridgehead atoms. The zero-order chi connectivity index (χ0) is 21.5. The van der Waals surface area contributed by atoms with Gasteiger partial charge >= 0.3 is 0 Å². The van der Waals surface area contributed by atoms with Crippen LogP contribution in [0.2, 0.25) is 0 Å². The van der Waals surface area contributed by atoms with Crippen LogP contribution < -0.4 is 5.73 Å². The van der Waals surface area contributed by atoms with E-state index >= 15 is 0 Å². The van der Waals surface area contributed by atoms with Crippen LogP contribution in [-0.2, 0) is 25.7 Å². The van der Waals surface area contributed by atoms with Crippen LogP contribution in [-0.4, -0.2) is 52.8 Å². The molecule has 30 heavy (non-hydrogen) atoms. The lowest BCUT2D eigenvalue weighted by molar-refractivity contribution is -0.183. The van der Waals surface area contributed by atoms with Gasteiger partial charge in [-0.1, -0.05) is 30.3 Å². The fraction of sp³-hybridized carbons (Fsp3) is 0.409. The predicted octanol–water partition coefficient (Wildman–Crippen LogP) is 1.36. The average molecular weight is 410 g/mol. The van der Waals surface area contributed by atoms with Gasteiger partial charge in [0, 0.05) is 32.3 Å². The second kappa shape index (κ2) is 7.60. The number of ether oxygens (including phenoxy) is 1. The van der Waals surface area contributed by atoms with Crippen LogP contribution in [0.4, 0.5) is 0 Å². The van der Waals surface area contributed by atoms with Gasteiger partial charge in [-0.2, -0.15) is 5.01 Å². The van der Waals surface area contributed by atoms with Crippen molar-refractivity contribution in [2.24, 2.45) is 17.6 Å². The Labute approximate surface area is 175 Å². The van der Waals surface area contributed by atoms with Crippen molar-refractivity contribution in [3.63, 3.8) is 0 Å². The number of hydrogen-bond acceptors (Lipinski definition) is 6. The molecule has 1 aliphatic heterocycles. The third-order valence-corrected chi connectivity index (χ3v) is 6.56. The summed E-state index contributed by atoms with van der Waals surface area (Å²) < 4.78 is 5.75. The molecule has 1 heterocycles. The SMILES string of the molecule is CN1C(=O)/C(=C(/C=O)OCc2ccccc2)N(/C=C/C(N)=O)N(C)[C@]12CC[C@@H]1C[C@@H]12. The molecule has 158 valence electrons. The Morgan fingerprint density at radius 1 is 1.30 bits per heavy atom. The van der Waals surface area contributed by atoms with Crippen molar-refractivity contribution in [2.75, 3.05) is 14.1 Å². The molecular weight excluding hydrogens is 384 g/mol. The number of aldehydes is 1. The highest BCUT2D eigenvalue weighted by molar-refractivity contribution is 5.99. The van der Waals surface area contributed by atoms with E-state index in [0.29, 0.717) is 18.1 Å². The number of benzene rings is 1. The fourth-order valence-corrected chi connectivity index (χ4v) is 4.95. The Morgan fingerprint density at radius 2 is 2.03 bits per heavy atom. The van der Waals surface area contributed by atoms with Gasteiger partial charge in [-0.15, -0.1) is 0 Å². The summed E-state index contributed by atoms with van der Waals surface area (Å²) in [6, 6.07) is 9.38. The van der Waals surface area contributed by atoms with E-state index < -0.39 is 11.6 Å². The molecule has 8 nitrogen and oxygen atoms in total. The van der Waals surface area contributed by atoms with Crippen molar-refractivity contribution < 1.29 is 19.1 Å². The highest BCUT2D eigenvalue weighted by Gasteiger charge is 2.66. The molecule has 2 saturated carbocycles. The third kappa shape index (κ3) is 3.17. The summed E-state index contributed by atoms with van der Waals surface area (Å²) >= 11 is 0. The molecule has 8 heteroatoms. The van der Waals surface area contributed by atoms with Gasteiger partial charge in [-0.25, -0.2) is 0 Å². The number of carbonyl (C=O) groups is 3. The molecule has 0 unspecified atom stereocenters. The molecule has 2 aliphatic carbocycles. The smallest absolute Gasteiger partial charge is 0.277 e. The molecule has 4 rings (SSSR count). The normalized spacial score (nSPS) is 30.0. The maximum Gasteiger partial charge on any atom is 0.277 e. The van der Waals surface area contributed by atoms with E-state index in [-0.39, 0.29) is 24.0 Å². The quantitative estimate of drug-likeness (QED) is 0.432. The van der Waals surface area contributed by atoms with Gasteiger partial charge in [-0.3, -0.25) is 19.4 Å². The van der Waals surface area contributed by atoms with Crippen LogP contribution >= 0.6 is 0 Å². The summed E-state index contributed by atoms with van der Waals surface area (Å²) in [4.78, 5) is 38.6. The molecule has 1 aromatic carbocycles. The number of primary amides is 1. The lowest BCUT2D eigenvalue weighted by Gasteiger charge is -2.55. The largest absolute Gasteiger partial charge is 0.483 e. The Balaban J connectivity index is 1.73. The molecule has 3 atom stereocenters. The lowest BCUT2D eigenvalue weighted by Crippen LogP contribution is -2.69. The van der Waals surface area contributed by atoms with E-state index in [1.807, 2.05) is 42.4 Å². The Hall–Kier alpha value is -3.13. The van der Waals surface area contributed by atoms with Gasteiger partial charge < -0.3 is 15.4 Å². The van der Waals surface area contributed by atoms with Gasteiger partial charge in [-0.05, 0) is 30.7 Å². The van der Waals surface area contributed by atoms with Crippen molar-refractivity contribution >= 4 is 18.1 Å². The topological polar surface area (TPSA) is 96.2 Å². The number of hydrazine groups is 1. The van der Waals surface area contributed by atoms with Gasteiger partial charge in [0.1, 0.15) is 12.3 Å². The molecule has 2 N–H and O–H groups in total. The second-order valence-electron chi connectivity index (χ2n) is 8.07. The monoisotopic (exact) mass is 410 g/mol. The minimum atomic E-state index is -0.642. The number of hydrogen-bond donors (Lipinski definition) is 1. The highest BCUT2D eigenvalue weighted by atomic mass is 16.5. The van der Waals surface area contributed by atoms with Crippen LogP contribution in [0, 0.1) is 11.8 Å². The van der Waals surface area contributed by atoms with E-state index in [1.54, 1.807) is 17.0 Å². The van der Waals surface area contributed by atoms with Crippen molar-refractivity contribution in [1.29, 1.82) is 0 Å². The molecule has 0 aromatic heterocycles. The second-order valence-corrected chi connectivity index (χ2v) is 8.07. The molecule has 0 radical (unpaired) electrons. The van der Waals surface area contributed by atoms with E-state index in [4.69, 9.17) is 10.5 Å².